The van der Waals surface area contributed by atoms with Gasteiger partial charge in [0.1, 0.15) is 5.52 Å². The topological polar surface area (TPSA) is 81.5 Å². The summed E-state index contributed by atoms with van der Waals surface area (Å²) in [7, 11) is 0. The monoisotopic (exact) mass is 397 g/mol. The normalized spacial score (nSPS) is 11.7. The zero-order valence-electron chi connectivity index (χ0n) is 16.6. The van der Waals surface area contributed by atoms with E-state index in [1.807, 2.05) is 43.3 Å². The number of rotatable bonds is 5. The summed E-state index contributed by atoms with van der Waals surface area (Å²) in [6.07, 6.45) is 4.95. The Kier molecular flexibility index (Phi) is 5.22. The van der Waals surface area contributed by atoms with Crippen LogP contribution in [-0.4, -0.2) is 16.1 Å². The van der Waals surface area contributed by atoms with Crippen LogP contribution in [0.5, 0.6) is 0 Å². The van der Waals surface area contributed by atoms with Crippen LogP contribution in [-0.2, 0) is 0 Å². The molecule has 0 spiro atoms. The Morgan fingerprint density at radius 1 is 1.03 bits per heavy atom. The Bertz CT molecular complexity index is 1260. The number of nitro benzene ring substituents is 1. The second-order valence-electron chi connectivity index (χ2n) is 6.93. The van der Waals surface area contributed by atoms with Crippen LogP contribution in [0.2, 0.25) is 0 Å². The Morgan fingerprint density at radius 2 is 1.83 bits per heavy atom. The molecule has 0 radical (unpaired) electrons. The summed E-state index contributed by atoms with van der Waals surface area (Å²) in [5.74, 6) is 0.544. The molecule has 1 aromatic heterocycles. The van der Waals surface area contributed by atoms with Gasteiger partial charge in [-0.15, -0.1) is 0 Å². The minimum Gasteiger partial charge on any atom is -0.436 e. The maximum Gasteiger partial charge on any atom is 0.276 e. The third kappa shape index (κ3) is 4.03. The Labute approximate surface area is 173 Å². The van der Waals surface area contributed by atoms with Crippen LogP contribution in [0, 0.1) is 24.0 Å². The molecule has 0 saturated carbocycles. The molecule has 0 saturated heterocycles. The lowest BCUT2D eigenvalue weighted by atomic mass is 10.1. The van der Waals surface area contributed by atoms with Crippen LogP contribution in [0.1, 0.15) is 16.7 Å². The minimum absolute atomic E-state index is 0.0607. The van der Waals surface area contributed by atoms with Gasteiger partial charge < -0.3 is 4.42 Å². The molecule has 6 nitrogen and oxygen atoms in total. The largest absolute Gasteiger partial charge is 0.436 e. The molecule has 148 valence electrons. The lowest BCUT2D eigenvalue weighted by molar-refractivity contribution is -0.385. The molecule has 4 rings (SSSR count). The van der Waals surface area contributed by atoms with E-state index in [0.29, 0.717) is 11.5 Å². The molecule has 0 amide bonds. The highest BCUT2D eigenvalue weighted by atomic mass is 16.6. The molecular weight excluding hydrogens is 378 g/mol. The Balaban J connectivity index is 1.56. The van der Waals surface area contributed by atoms with E-state index in [1.54, 1.807) is 36.6 Å². The van der Waals surface area contributed by atoms with E-state index in [9.17, 15) is 10.1 Å². The van der Waals surface area contributed by atoms with Gasteiger partial charge in [0.15, 0.2) is 5.58 Å². The minimum atomic E-state index is -0.399. The lowest BCUT2D eigenvalue weighted by Gasteiger charge is -1.97. The fourth-order valence-corrected chi connectivity index (χ4v) is 3.09. The second kappa shape index (κ2) is 8.13. The second-order valence-corrected chi connectivity index (χ2v) is 6.93. The third-order valence-corrected chi connectivity index (χ3v) is 4.82. The highest BCUT2D eigenvalue weighted by Crippen LogP contribution is 2.28. The first-order valence-corrected chi connectivity index (χ1v) is 9.43. The van der Waals surface area contributed by atoms with E-state index in [2.05, 4.69) is 16.9 Å². The summed E-state index contributed by atoms with van der Waals surface area (Å²) >= 11 is 0. The van der Waals surface area contributed by atoms with Crippen molar-refractivity contribution >= 4 is 34.8 Å². The molecule has 0 bridgehead atoms. The van der Waals surface area contributed by atoms with Crippen LogP contribution in [0.3, 0.4) is 0 Å². The SMILES string of the molecule is Cc1cc2nc(-c3cccc(N=C/C=C/c4ccccc4[N+](=O)[O-])c3)oc2cc1C. The number of allylic oxidation sites excluding steroid dienone is 1. The molecule has 4 aromatic rings. The highest BCUT2D eigenvalue weighted by molar-refractivity contribution is 5.82. The molecule has 3 aromatic carbocycles. The number of oxazole rings is 1. The van der Waals surface area contributed by atoms with E-state index in [1.165, 1.54) is 11.6 Å². The first-order chi connectivity index (χ1) is 14.5. The summed E-state index contributed by atoms with van der Waals surface area (Å²) in [5.41, 5.74) is 6.07. The van der Waals surface area contributed by atoms with Gasteiger partial charge in [0.05, 0.1) is 16.2 Å². The number of fused-ring (bicyclic) bond motifs is 1. The lowest BCUT2D eigenvalue weighted by Crippen LogP contribution is -1.90. The van der Waals surface area contributed by atoms with E-state index in [4.69, 9.17) is 4.42 Å². The predicted molar refractivity (Wildman–Crippen MR) is 119 cm³/mol. The molecule has 0 atom stereocenters. The van der Waals surface area contributed by atoms with Gasteiger partial charge in [0, 0.05) is 17.8 Å². The number of nitro groups is 1. The predicted octanol–water partition coefficient (Wildman–Crippen LogP) is 6.44. The summed E-state index contributed by atoms with van der Waals surface area (Å²) in [6, 6.07) is 18.2. The maximum absolute atomic E-state index is 11.1. The number of hydrogen-bond donors (Lipinski definition) is 0. The number of nitrogens with zero attached hydrogens (tertiary/aromatic N) is 3. The van der Waals surface area contributed by atoms with Crippen molar-refractivity contribution in [3.63, 3.8) is 0 Å². The van der Waals surface area contributed by atoms with Gasteiger partial charge in [-0.3, -0.25) is 15.1 Å². The summed E-state index contributed by atoms with van der Waals surface area (Å²) in [5, 5.41) is 11.1. The van der Waals surface area contributed by atoms with Crippen molar-refractivity contribution in [3.8, 4) is 11.5 Å². The number of aryl methyl sites for hydroxylation is 2. The Morgan fingerprint density at radius 3 is 2.67 bits per heavy atom. The number of benzene rings is 3. The van der Waals surface area contributed by atoms with Crippen molar-refractivity contribution in [1.82, 2.24) is 4.98 Å². The molecule has 0 aliphatic carbocycles. The number of aromatic nitrogens is 1. The first kappa shape index (κ1) is 19.3. The maximum atomic E-state index is 11.1. The van der Waals surface area contributed by atoms with Gasteiger partial charge in [-0.05, 0) is 73.5 Å². The molecule has 1 heterocycles. The van der Waals surface area contributed by atoms with Crippen LogP contribution in [0.25, 0.3) is 28.6 Å². The van der Waals surface area contributed by atoms with Gasteiger partial charge in [0.2, 0.25) is 5.89 Å². The Hall–Kier alpha value is -4.06. The molecule has 0 aliphatic heterocycles. The quantitative estimate of drug-likeness (QED) is 0.220. The molecule has 0 unspecified atom stereocenters. The van der Waals surface area contributed by atoms with Crippen LogP contribution in [0.4, 0.5) is 11.4 Å². The van der Waals surface area contributed by atoms with Gasteiger partial charge in [-0.2, -0.15) is 0 Å². The van der Waals surface area contributed by atoms with Crippen molar-refractivity contribution < 1.29 is 9.34 Å². The van der Waals surface area contributed by atoms with E-state index in [-0.39, 0.29) is 5.69 Å². The molecule has 0 fully saturated rings. The molecule has 0 aliphatic rings. The summed E-state index contributed by atoms with van der Waals surface area (Å²) in [4.78, 5) is 19.7. The van der Waals surface area contributed by atoms with Crippen LogP contribution in [0.15, 0.2) is 76.1 Å². The van der Waals surface area contributed by atoms with Crippen molar-refractivity contribution in [2.45, 2.75) is 13.8 Å². The van der Waals surface area contributed by atoms with Crippen LogP contribution >= 0.6 is 0 Å². The van der Waals surface area contributed by atoms with E-state index >= 15 is 0 Å². The van der Waals surface area contributed by atoms with Crippen molar-refractivity contribution in [1.29, 1.82) is 0 Å². The summed E-state index contributed by atoms with van der Waals surface area (Å²) in [6.45, 7) is 4.10. The number of aliphatic imine (C=N–C) groups is 1. The van der Waals surface area contributed by atoms with Gasteiger partial charge in [0.25, 0.3) is 5.69 Å². The molecule has 0 N–H and O–H groups in total. The van der Waals surface area contributed by atoms with Crippen LogP contribution < -0.4 is 0 Å². The average Bonchev–Trinajstić information content (AvgIpc) is 3.14. The average molecular weight is 397 g/mol. The van der Waals surface area contributed by atoms with E-state index in [0.717, 1.165) is 27.9 Å². The highest BCUT2D eigenvalue weighted by Gasteiger charge is 2.10. The zero-order valence-corrected chi connectivity index (χ0v) is 16.6. The van der Waals surface area contributed by atoms with Gasteiger partial charge in [-0.25, -0.2) is 4.98 Å². The smallest absolute Gasteiger partial charge is 0.276 e. The first-order valence-electron chi connectivity index (χ1n) is 9.43. The molecule has 6 heteroatoms. The third-order valence-electron chi connectivity index (χ3n) is 4.82. The number of para-hydroxylation sites is 1. The standard InChI is InChI=1S/C24H19N3O3/c1-16-13-21-23(14-17(16)2)30-24(26-21)19-8-5-10-20(15-19)25-12-6-9-18-7-3-4-11-22(18)27(28)29/h3-15H,1-2H3/b9-6+,25-12?. The summed E-state index contributed by atoms with van der Waals surface area (Å²) < 4.78 is 5.92. The van der Waals surface area contributed by atoms with Gasteiger partial charge >= 0.3 is 0 Å². The fourth-order valence-electron chi connectivity index (χ4n) is 3.09. The van der Waals surface area contributed by atoms with Gasteiger partial charge in [-0.1, -0.05) is 18.2 Å². The van der Waals surface area contributed by atoms with Crippen molar-refractivity contribution in [2.75, 3.05) is 0 Å². The van der Waals surface area contributed by atoms with E-state index < -0.39 is 4.92 Å². The zero-order chi connectivity index (χ0) is 21.1. The molecule has 30 heavy (non-hydrogen) atoms. The molecular formula is C24H19N3O3. The van der Waals surface area contributed by atoms with Crippen molar-refractivity contribution in [2.24, 2.45) is 4.99 Å². The van der Waals surface area contributed by atoms with Crippen molar-refractivity contribution in [3.05, 3.63) is 93.5 Å². The fraction of sp³-hybridized carbons (Fsp3) is 0.0833. The number of hydrogen-bond acceptors (Lipinski definition) is 5.